The summed E-state index contributed by atoms with van der Waals surface area (Å²) < 4.78 is 34.2. The molecule has 0 fully saturated rings. The predicted octanol–water partition coefficient (Wildman–Crippen LogP) is 3.87. The summed E-state index contributed by atoms with van der Waals surface area (Å²) in [6, 6.07) is 11.3. The zero-order chi connectivity index (χ0) is 20.3. The van der Waals surface area contributed by atoms with Crippen molar-refractivity contribution in [3.63, 3.8) is 0 Å². The van der Waals surface area contributed by atoms with Gasteiger partial charge in [0.2, 0.25) is 0 Å². The fourth-order valence-corrected chi connectivity index (χ4v) is 4.98. The number of aryl methyl sites for hydroxylation is 1. The van der Waals surface area contributed by atoms with Crippen molar-refractivity contribution in [1.29, 1.82) is 0 Å². The second-order valence-electron chi connectivity index (χ2n) is 7.63. The third kappa shape index (κ3) is 4.33. The van der Waals surface area contributed by atoms with Crippen LogP contribution in [0.3, 0.4) is 0 Å². The van der Waals surface area contributed by atoms with Crippen molar-refractivity contribution in [3.05, 3.63) is 53.1 Å². The van der Waals surface area contributed by atoms with Crippen LogP contribution >= 0.6 is 0 Å². The largest absolute Gasteiger partial charge is 0.496 e. The lowest BCUT2D eigenvalue weighted by Gasteiger charge is -2.32. The Kier molecular flexibility index (Phi) is 6.30. The third-order valence-corrected chi connectivity index (χ3v) is 6.90. The molecule has 0 bridgehead atoms. The molecular formula is C22H30N2O3S. The molecule has 152 valence electrons. The number of methoxy groups -OCH3 is 1. The van der Waals surface area contributed by atoms with Gasteiger partial charge < -0.3 is 9.64 Å². The Labute approximate surface area is 168 Å². The van der Waals surface area contributed by atoms with Crippen molar-refractivity contribution in [2.45, 2.75) is 50.0 Å². The number of likely N-dealkylation sites (N-methyl/N-ethyl adjacent to an activating group) is 1. The van der Waals surface area contributed by atoms with Crippen molar-refractivity contribution in [1.82, 2.24) is 4.90 Å². The zero-order valence-corrected chi connectivity index (χ0v) is 18.0. The second-order valence-corrected chi connectivity index (χ2v) is 9.31. The summed E-state index contributed by atoms with van der Waals surface area (Å²) in [5.74, 6) is 0.827. The first-order chi connectivity index (χ1) is 13.4. The lowest BCUT2D eigenvalue weighted by molar-refractivity contribution is 0.265. The van der Waals surface area contributed by atoms with Gasteiger partial charge in [-0.25, -0.2) is 8.42 Å². The van der Waals surface area contributed by atoms with E-state index in [9.17, 15) is 8.42 Å². The van der Waals surface area contributed by atoms with Crippen LogP contribution in [0.4, 0.5) is 5.69 Å². The molecule has 0 radical (unpaired) electrons. The normalized spacial score (nSPS) is 16.7. The van der Waals surface area contributed by atoms with E-state index in [2.05, 4.69) is 30.6 Å². The highest BCUT2D eigenvalue weighted by Crippen LogP contribution is 2.36. The van der Waals surface area contributed by atoms with Gasteiger partial charge in [-0.2, -0.15) is 0 Å². The quantitative estimate of drug-likeness (QED) is 0.764. The van der Waals surface area contributed by atoms with E-state index < -0.39 is 10.0 Å². The Morgan fingerprint density at radius 3 is 2.43 bits per heavy atom. The summed E-state index contributed by atoms with van der Waals surface area (Å²) in [6.07, 6.45) is 4.66. The fraction of sp³-hybridized carbons (Fsp3) is 0.455. The Hall–Kier alpha value is -2.05. The lowest BCUT2D eigenvalue weighted by Crippen LogP contribution is -2.34. The first-order valence-corrected chi connectivity index (χ1v) is 11.3. The van der Waals surface area contributed by atoms with Gasteiger partial charge >= 0.3 is 0 Å². The van der Waals surface area contributed by atoms with E-state index in [0.717, 1.165) is 54.5 Å². The van der Waals surface area contributed by atoms with Crippen molar-refractivity contribution >= 4 is 15.7 Å². The molecular weight excluding hydrogens is 372 g/mol. The van der Waals surface area contributed by atoms with E-state index in [1.807, 2.05) is 24.3 Å². The van der Waals surface area contributed by atoms with Crippen molar-refractivity contribution in [2.75, 3.05) is 25.9 Å². The molecule has 1 unspecified atom stereocenters. The van der Waals surface area contributed by atoms with Gasteiger partial charge in [0.1, 0.15) is 5.75 Å². The Morgan fingerprint density at radius 2 is 1.82 bits per heavy atom. The van der Waals surface area contributed by atoms with E-state index in [0.29, 0.717) is 16.6 Å². The number of sulfonamides is 1. The van der Waals surface area contributed by atoms with Gasteiger partial charge in [0.05, 0.1) is 17.7 Å². The zero-order valence-electron chi connectivity index (χ0n) is 17.2. The first-order valence-electron chi connectivity index (χ1n) is 9.82. The molecule has 6 heteroatoms. The molecule has 2 aromatic carbocycles. The average molecular weight is 403 g/mol. The maximum Gasteiger partial charge on any atom is 0.261 e. The number of anilines is 1. The van der Waals surface area contributed by atoms with E-state index in [4.69, 9.17) is 4.74 Å². The molecule has 0 amide bonds. The number of nitrogens with zero attached hydrogens (tertiary/aromatic N) is 1. The van der Waals surface area contributed by atoms with Crippen LogP contribution in [0.15, 0.2) is 41.3 Å². The molecule has 1 atom stereocenters. The van der Waals surface area contributed by atoms with Crippen LogP contribution in [0, 0.1) is 0 Å². The molecule has 28 heavy (non-hydrogen) atoms. The number of fused-ring (bicyclic) bond motifs is 1. The summed E-state index contributed by atoms with van der Waals surface area (Å²) in [6.45, 7) is 2.11. The molecule has 2 aromatic rings. The molecule has 0 heterocycles. The maximum absolute atomic E-state index is 12.9. The van der Waals surface area contributed by atoms with Crippen LogP contribution in [-0.4, -0.2) is 40.6 Å². The van der Waals surface area contributed by atoms with Crippen LogP contribution < -0.4 is 9.46 Å². The molecule has 0 aliphatic heterocycles. The summed E-state index contributed by atoms with van der Waals surface area (Å²) in [4.78, 5) is 2.51. The first kappa shape index (κ1) is 20.7. The predicted molar refractivity (Wildman–Crippen MR) is 114 cm³/mol. The van der Waals surface area contributed by atoms with Gasteiger partial charge in [-0.15, -0.1) is 0 Å². The van der Waals surface area contributed by atoms with Crippen molar-refractivity contribution in [3.8, 4) is 5.75 Å². The monoisotopic (exact) mass is 402 g/mol. The van der Waals surface area contributed by atoms with E-state index in [1.54, 1.807) is 19.2 Å². The van der Waals surface area contributed by atoms with Crippen LogP contribution in [0.1, 0.15) is 36.5 Å². The van der Waals surface area contributed by atoms with Crippen LogP contribution in [-0.2, 0) is 29.3 Å². The molecule has 1 aliphatic carbocycles. The minimum absolute atomic E-state index is 0.291. The Balaban J connectivity index is 1.91. The molecule has 0 spiro atoms. The molecule has 0 saturated heterocycles. The standard InChI is InChI=1S/C22H30N2O3S/c1-5-6-16-7-10-18(11-8-16)28(25,26)23-21-13-14-22(27-4)20-15-17(24(2)3)9-12-19(20)21/h7-8,10-11,13-14,17,23H,5-6,9,12,15H2,1-4H3. The number of hydrogen-bond acceptors (Lipinski definition) is 4. The van der Waals surface area contributed by atoms with Gasteiger partial charge in [0.25, 0.3) is 10.0 Å². The van der Waals surface area contributed by atoms with Gasteiger partial charge in [-0.05, 0) is 75.2 Å². The maximum atomic E-state index is 12.9. The molecule has 0 aromatic heterocycles. The van der Waals surface area contributed by atoms with Crippen LogP contribution in [0.5, 0.6) is 5.75 Å². The molecule has 0 saturated carbocycles. The smallest absolute Gasteiger partial charge is 0.261 e. The number of nitrogens with one attached hydrogen (secondary N) is 1. The Bertz CT molecular complexity index is 922. The van der Waals surface area contributed by atoms with Gasteiger partial charge in [0, 0.05) is 11.6 Å². The average Bonchev–Trinajstić information content (AvgIpc) is 2.68. The number of benzene rings is 2. The van der Waals surface area contributed by atoms with E-state index >= 15 is 0 Å². The molecule has 1 aliphatic rings. The van der Waals surface area contributed by atoms with Gasteiger partial charge in [-0.3, -0.25) is 4.72 Å². The minimum Gasteiger partial charge on any atom is -0.496 e. The number of hydrogen-bond donors (Lipinski definition) is 1. The van der Waals surface area contributed by atoms with E-state index in [-0.39, 0.29) is 0 Å². The van der Waals surface area contributed by atoms with E-state index in [1.165, 1.54) is 0 Å². The molecule has 1 N–H and O–H groups in total. The number of rotatable bonds is 7. The topological polar surface area (TPSA) is 58.6 Å². The van der Waals surface area contributed by atoms with Crippen LogP contribution in [0.2, 0.25) is 0 Å². The molecule has 3 rings (SSSR count). The van der Waals surface area contributed by atoms with Crippen LogP contribution in [0.25, 0.3) is 0 Å². The van der Waals surface area contributed by atoms with Crippen molar-refractivity contribution in [2.24, 2.45) is 0 Å². The highest BCUT2D eigenvalue weighted by Gasteiger charge is 2.27. The minimum atomic E-state index is -3.63. The highest BCUT2D eigenvalue weighted by atomic mass is 32.2. The third-order valence-electron chi connectivity index (χ3n) is 5.52. The fourth-order valence-electron chi connectivity index (χ4n) is 3.88. The van der Waals surface area contributed by atoms with Gasteiger partial charge in [-0.1, -0.05) is 25.5 Å². The second kappa shape index (κ2) is 8.53. The molecule has 5 nitrogen and oxygen atoms in total. The van der Waals surface area contributed by atoms with Crippen molar-refractivity contribution < 1.29 is 13.2 Å². The summed E-state index contributed by atoms with van der Waals surface area (Å²) in [5.41, 5.74) is 3.96. The Morgan fingerprint density at radius 1 is 1.11 bits per heavy atom. The SMILES string of the molecule is CCCc1ccc(S(=O)(=O)Nc2ccc(OC)c3c2CCC(N(C)C)C3)cc1. The summed E-state index contributed by atoms with van der Waals surface area (Å²) in [7, 11) is 2.19. The summed E-state index contributed by atoms with van der Waals surface area (Å²) >= 11 is 0. The highest BCUT2D eigenvalue weighted by molar-refractivity contribution is 7.92. The summed E-state index contributed by atoms with van der Waals surface area (Å²) in [5, 5.41) is 0. The van der Waals surface area contributed by atoms with Gasteiger partial charge in [0.15, 0.2) is 0 Å². The number of ether oxygens (including phenoxy) is 1. The lowest BCUT2D eigenvalue weighted by atomic mass is 9.86.